The fraction of sp³-hybridized carbons (Fsp3) is 0.571. The number of benzene rings is 1. The van der Waals surface area contributed by atoms with Crippen molar-refractivity contribution in [3.8, 4) is 0 Å². The normalized spacial score (nSPS) is 20.8. The maximum Gasteiger partial charge on any atom is 0.282 e. The van der Waals surface area contributed by atoms with Crippen LogP contribution in [0.5, 0.6) is 0 Å². The molecule has 1 aliphatic carbocycles. The zero-order valence-electron chi connectivity index (χ0n) is 11.9. The second kappa shape index (κ2) is 5.92. The van der Waals surface area contributed by atoms with E-state index in [1.807, 2.05) is 24.3 Å². The minimum Gasteiger partial charge on any atom is -0.399 e. The summed E-state index contributed by atoms with van der Waals surface area (Å²) in [6, 6.07) is 7.53. The maximum atomic E-state index is 12.8. The van der Waals surface area contributed by atoms with Crippen molar-refractivity contribution in [3.63, 3.8) is 0 Å². The van der Waals surface area contributed by atoms with Gasteiger partial charge in [-0.05, 0) is 30.5 Å². The Labute approximate surface area is 125 Å². The molecule has 3 rings (SSSR count). The van der Waals surface area contributed by atoms with Crippen LogP contribution >= 0.6 is 0 Å². The summed E-state index contributed by atoms with van der Waals surface area (Å²) in [5.74, 6) is 0. The molecular formula is C14H21N3O3S. The van der Waals surface area contributed by atoms with Gasteiger partial charge in [-0.2, -0.15) is 17.0 Å². The van der Waals surface area contributed by atoms with Gasteiger partial charge in [-0.15, -0.1) is 0 Å². The molecule has 0 amide bonds. The number of morpholine rings is 1. The Hall–Kier alpha value is -1.15. The Morgan fingerprint density at radius 2 is 1.81 bits per heavy atom. The molecule has 1 heterocycles. The van der Waals surface area contributed by atoms with Gasteiger partial charge in [-0.25, -0.2) is 0 Å². The third-order valence-corrected chi connectivity index (χ3v) is 5.90. The molecule has 116 valence electrons. The first-order chi connectivity index (χ1) is 10.1. The Morgan fingerprint density at radius 1 is 1.19 bits per heavy atom. The summed E-state index contributed by atoms with van der Waals surface area (Å²) < 4.78 is 34.0. The first-order valence-electron chi connectivity index (χ1n) is 7.26. The van der Waals surface area contributed by atoms with Crippen LogP contribution in [0.4, 0.5) is 5.69 Å². The summed E-state index contributed by atoms with van der Waals surface area (Å²) in [4.78, 5) is 0. The lowest BCUT2D eigenvalue weighted by molar-refractivity contribution is 0.0698. The molecule has 1 saturated heterocycles. The number of hydrogen-bond donors (Lipinski definition) is 1. The minimum absolute atomic E-state index is 0.135. The molecule has 1 saturated carbocycles. The summed E-state index contributed by atoms with van der Waals surface area (Å²) in [7, 11) is -3.41. The number of anilines is 1. The zero-order valence-corrected chi connectivity index (χ0v) is 12.8. The predicted octanol–water partition coefficient (Wildman–Crippen LogP) is 0.810. The van der Waals surface area contributed by atoms with E-state index in [2.05, 4.69) is 0 Å². The van der Waals surface area contributed by atoms with Crippen LogP contribution in [-0.2, 0) is 21.5 Å². The van der Waals surface area contributed by atoms with Gasteiger partial charge in [0.2, 0.25) is 0 Å². The topological polar surface area (TPSA) is 75.9 Å². The van der Waals surface area contributed by atoms with E-state index < -0.39 is 10.2 Å². The summed E-state index contributed by atoms with van der Waals surface area (Å²) in [6.45, 7) is 2.23. The van der Waals surface area contributed by atoms with Crippen LogP contribution in [-0.4, -0.2) is 49.4 Å². The summed E-state index contributed by atoms with van der Waals surface area (Å²) in [6.07, 6.45) is 1.89. The molecule has 6 nitrogen and oxygen atoms in total. The molecule has 7 heteroatoms. The molecule has 21 heavy (non-hydrogen) atoms. The highest BCUT2D eigenvalue weighted by molar-refractivity contribution is 7.86. The van der Waals surface area contributed by atoms with E-state index in [-0.39, 0.29) is 6.04 Å². The molecule has 0 bridgehead atoms. The van der Waals surface area contributed by atoms with Gasteiger partial charge in [0.15, 0.2) is 0 Å². The fourth-order valence-corrected chi connectivity index (χ4v) is 4.30. The SMILES string of the molecule is Nc1ccc(CN(C2CC2)S(=O)(=O)N2CCOCC2)cc1. The Kier molecular flexibility index (Phi) is 4.17. The number of rotatable bonds is 5. The molecule has 0 unspecified atom stereocenters. The van der Waals surface area contributed by atoms with Crippen LogP contribution in [0.2, 0.25) is 0 Å². The zero-order chi connectivity index (χ0) is 14.9. The monoisotopic (exact) mass is 311 g/mol. The minimum atomic E-state index is -3.41. The lowest BCUT2D eigenvalue weighted by Crippen LogP contribution is -2.49. The van der Waals surface area contributed by atoms with Crippen LogP contribution in [0.3, 0.4) is 0 Å². The Balaban J connectivity index is 1.78. The molecule has 2 N–H and O–H groups in total. The fourth-order valence-electron chi connectivity index (χ4n) is 2.49. The molecule has 1 aromatic carbocycles. The van der Waals surface area contributed by atoms with Crippen LogP contribution in [0.15, 0.2) is 24.3 Å². The van der Waals surface area contributed by atoms with Gasteiger partial charge in [-0.1, -0.05) is 12.1 Å². The highest BCUT2D eigenvalue weighted by atomic mass is 32.2. The van der Waals surface area contributed by atoms with E-state index in [0.717, 1.165) is 18.4 Å². The predicted molar refractivity (Wildman–Crippen MR) is 80.7 cm³/mol. The van der Waals surface area contributed by atoms with Crippen molar-refractivity contribution in [2.45, 2.75) is 25.4 Å². The lowest BCUT2D eigenvalue weighted by Gasteiger charge is -2.32. The standard InChI is InChI=1S/C14H21N3O3S/c15-13-3-1-12(2-4-13)11-17(14-5-6-14)21(18,19)16-7-9-20-10-8-16/h1-4,14H,5-11,15H2. The lowest BCUT2D eigenvalue weighted by atomic mass is 10.2. The number of nitrogens with two attached hydrogens (primary N) is 1. The molecular weight excluding hydrogens is 290 g/mol. The van der Waals surface area contributed by atoms with E-state index in [1.54, 1.807) is 4.31 Å². The molecule has 0 spiro atoms. The Bertz CT molecular complexity index is 578. The number of nitrogen functional groups attached to an aromatic ring is 1. The van der Waals surface area contributed by atoms with Gasteiger partial charge in [0.25, 0.3) is 10.2 Å². The van der Waals surface area contributed by atoms with E-state index in [0.29, 0.717) is 38.5 Å². The highest BCUT2D eigenvalue weighted by Crippen LogP contribution is 2.32. The van der Waals surface area contributed by atoms with Crippen LogP contribution in [0.25, 0.3) is 0 Å². The van der Waals surface area contributed by atoms with Crippen molar-refractivity contribution >= 4 is 15.9 Å². The first kappa shape index (κ1) is 14.8. The second-order valence-corrected chi connectivity index (χ2v) is 7.42. The average Bonchev–Trinajstić information content (AvgIpc) is 3.32. The van der Waals surface area contributed by atoms with E-state index >= 15 is 0 Å². The van der Waals surface area contributed by atoms with Crippen LogP contribution in [0.1, 0.15) is 18.4 Å². The Morgan fingerprint density at radius 3 is 2.38 bits per heavy atom. The molecule has 1 aromatic rings. The van der Waals surface area contributed by atoms with Crippen molar-refractivity contribution in [2.75, 3.05) is 32.0 Å². The molecule has 0 atom stereocenters. The number of ether oxygens (including phenoxy) is 1. The third kappa shape index (κ3) is 3.37. The third-order valence-electron chi connectivity index (χ3n) is 3.86. The van der Waals surface area contributed by atoms with E-state index in [4.69, 9.17) is 10.5 Å². The first-order valence-corrected chi connectivity index (χ1v) is 8.66. The van der Waals surface area contributed by atoms with Gasteiger partial charge in [0.1, 0.15) is 0 Å². The quantitative estimate of drug-likeness (QED) is 0.817. The average molecular weight is 311 g/mol. The van der Waals surface area contributed by atoms with Crippen molar-refractivity contribution in [1.82, 2.24) is 8.61 Å². The smallest absolute Gasteiger partial charge is 0.282 e. The molecule has 2 aliphatic rings. The van der Waals surface area contributed by atoms with Gasteiger partial charge < -0.3 is 10.5 Å². The summed E-state index contributed by atoms with van der Waals surface area (Å²) in [5.41, 5.74) is 7.33. The van der Waals surface area contributed by atoms with Gasteiger partial charge >= 0.3 is 0 Å². The van der Waals surface area contributed by atoms with Crippen molar-refractivity contribution in [1.29, 1.82) is 0 Å². The molecule has 1 aliphatic heterocycles. The van der Waals surface area contributed by atoms with E-state index in [1.165, 1.54) is 4.31 Å². The second-order valence-electron chi connectivity index (χ2n) is 5.54. The van der Waals surface area contributed by atoms with Crippen molar-refractivity contribution in [3.05, 3.63) is 29.8 Å². The molecule has 0 aromatic heterocycles. The molecule has 2 fully saturated rings. The summed E-state index contributed by atoms with van der Waals surface area (Å²) in [5, 5.41) is 0. The van der Waals surface area contributed by atoms with Crippen LogP contribution < -0.4 is 5.73 Å². The number of hydrogen-bond acceptors (Lipinski definition) is 4. The van der Waals surface area contributed by atoms with Crippen molar-refractivity contribution in [2.24, 2.45) is 0 Å². The maximum absolute atomic E-state index is 12.8. The van der Waals surface area contributed by atoms with E-state index in [9.17, 15) is 8.42 Å². The number of nitrogens with zero attached hydrogens (tertiary/aromatic N) is 2. The van der Waals surface area contributed by atoms with Crippen molar-refractivity contribution < 1.29 is 13.2 Å². The van der Waals surface area contributed by atoms with Gasteiger partial charge in [0.05, 0.1) is 13.2 Å². The van der Waals surface area contributed by atoms with Gasteiger partial charge in [0, 0.05) is 31.4 Å². The van der Waals surface area contributed by atoms with Crippen LogP contribution in [0, 0.1) is 0 Å². The van der Waals surface area contributed by atoms with Gasteiger partial charge in [-0.3, -0.25) is 0 Å². The highest BCUT2D eigenvalue weighted by Gasteiger charge is 2.40. The molecule has 0 radical (unpaired) electrons. The largest absolute Gasteiger partial charge is 0.399 e. The summed E-state index contributed by atoms with van der Waals surface area (Å²) >= 11 is 0.